The maximum absolute atomic E-state index is 13.4. The number of aliphatic hydroxyl groups is 1. The van der Waals surface area contributed by atoms with Crippen molar-refractivity contribution in [3.05, 3.63) is 58.1 Å². The van der Waals surface area contributed by atoms with Gasteiger partial charge in [0.1, 0.15) is 12.3 Å². The number of methoxy groups -OCH3 is 1. The lowest BCUT2D eigenvalue weighted by atomic mass is 9.91. The molecule has 2 aromatic rings. The van der Waals surface area contributed by atoms with E-state index in [0.717, 1.165) is 4.90 Å². The first-order valence-corrected chi connectivity index (χ1v) is 13.0. The minimum Gasteiger partial charge on any atom is -0.496 e. The van der Waals surface area contributed by atoms with Gasteiger partial charge in [-0.3, -0.25) is 19.3 Å². The average Bonchev–Trinajstić information content (AvgIpc) is 3.00. The van der Waals surface area contributed by atoms with Crippen LogP contribution in [0.1, 0.15) is 61.0 Å². The molecule has 0 saturated carbocycles. The number of carboxylic acids is 1. The molecule has 10 nitrogen and oxygen atoms in total. The molecule has 2 atom stereocenters. The standard InChI is InChI=1S/C25H28ClN3O6.C3H8O/c1-3-14(15-4-6-19(25(33)34)20(27)10-15)11-23(31)29-13-22(30)28-12-17(24(29)32)8-16-9-18(26)5-7-21(16)35-2;1-3(2)4/h4-7,9-10,14,17H,3,8,11-13,27H2,1-2H3,(H,28,30)(H,33,34);3-4H,1-2H3/t14-,17?;/m0./s1. The van der Waals surface area contributed by atoms with Crippen molar-refractivity contribution in [2.75, 3.05) is 25.9 Å². The van der Waals surface area contributed by atoms with Crippen molar-refractivity contribution in [1.82, 2.24) is 10.2 Å². The van der Waals surface area contributed by atoms with Crippen LogP contribution >= 0.6 is 11.6 Å². The number of nitrogens with zero attached hydrogens (tertiary/aromatic N) is 1. The fourth-order valence-electron chi connectivity index (χ4n) is 4.21. The van der Waals surface area contributed by atoms with Crippen molar-refractivity contribution < 1.29 is 34.1 Å². The Balaban J connectivity index is 0.00000124. The number of benzene rings is 2. The Morgan fingerprint density at radius 2 is 1.87 bits per heavy atom. The summed E-state index contributed by atoms with van der Waals surface area (Å²) in [6, 6.07) is 9.64. The molecule has 0 aromatic heterocycles. The number of rotatable bonds is 8. The number of anilines is 1. The van der Waals surface area contributed by atoms with Gasteiger partial charge in [-0.1, -0.05) is 24.6 Å². The molecule has 1 fully saturated rings. The molecule has 0 spiro atoms. The number of carbonyl (C=O) groups is 4. The number of ether oxygens (including phenoxy) is 1. The van der Waals surface area contributed by atoms with Crippen molar-refractivity contribution in [3.8, 4) is 5.75 Å². The van der Waals surface area contributed by atoms with Gasteiger partial charge in [-0.25, -0.2) is 4.79 Å². The van der Waals surface area contributed by atoms with E-state index in [1.54, 1.807) is 38.1 Å². The first kappa shape index (κ1) is 31.6. The Hall–Kier alpha value is -3.63. The third-order valence-corrected chi connectivity index (χ3v) is 6.40. The number of imide groups is 1. The minimum atomic E-state index is -1.14. The average molecular weight is 562 g/mol. The Morgan fingerprint density at radius 3 is 2.44 bits per heavy atom. The second kappa shape index (κ2) is 14.5. The Labute approximate surface area is 233 Å². The molecule has 5 N–H and O–H groups in total. The summed E-state index contributed by atoms with van der Waals surface area (Å²) >= 11 is 6.12. The van der Waals surface area contributed by atoms with E-state index >= 15 is 0 Å². The number of halogens is 1. The lowest BCUT2D eigenvalue weighted by Gasteiger charge is -2.24. The number of hydrogen-bond acceptors (Lipinski definition) is 7. The molecule has 0 bridgehead atoms. The minimum absolute atomic E-state index is 0.0198. The largest absolute Gasteiger partial charge is 0.496 e. The molecule has 0 aliphatic carbocycles. The highest BCUT2D eigenvalue weighted by Crippen LogP contribution is 2.29. The number of nitrogen functional groups attached to an aromatic ring is 1. The molecule has 3 amide bonds. The fraction of sp³-hybridized carbons (Fsp3) is 0.429. The number of nitrogens with one attached hydrogen (secondary N) is 1. The topological polar surface area (TPSA) is 159 Å². The van der Waals surface area contributed by atoms with Gasteiger partial charge in [0, 0.05) is 29.8 Å². The van der Waals surface area contributed by atoms with Crippen molar-refractivity contribution in [3.63, 3.8) is 0 Å². The first-order chi connectivity index (χ1) is 18.4. The van der Waals surface area contributed by atoms with Crippen molar-refractivity contribution >= 4 is 41.0 Å². The second-order valence-corrected chi connectivity index (χ2v) is 9.97. The van der Waals surface area contributed by atoms with Gasteiger partial charge in [-0.2, -0.15) is 0 Å². The van der Waals surface area contributed by atoms with Gasteiger partial charge in [0.15, 0.2) is 0 Å². The highest BCUT2D eigenvalue weighted by molar-refractivity contribution is 6.30. The molecule has 1 heterocycles. The summed E-state index contributed by atoms with van der Waals surface area (Å²) in [4.78, 5) is 51.2. The molecule has 2 aromatic carbocycles. The van der Waals surface area contributed by atoms with E-state index in [1.807, 2.05) is 6.92 Å². The van der Waals surface area contributed by atoms with E-state index in [2.05, 4.69) is 5.32 Å². The van der Waals surface area contributed by atoms with Gasteiger partial charge >= 0.3 is 5.97 Å². The molecular formula is C28H36ClN3O7. The van der Waals surface area contributed by atoms with Crippen LogP contribution in [0, 0.1) is 5.92 Å². The summed E-state index contributed by atoms with van der Waals surface area (Å²) in [7, 11) is 1.51. The summed E-state index contributed by atoms with van der Waals surface area (Å²) in [5, 5.41) is 20.4. The van der Waals surface area contributed by atoms with Crippen LogP contribution in [0.3, 0.4) is 0 Å². The highest BCUT2D eigenvalue weighted by Gasteiger charge is 2.35. The Kier molecular flexibility index (Phi) is 11.7. The summed E-state index contributed by atoms with van der Waals surface area (Å²) in [5.74, 6) is -2.92. The zero-order valence-electron chi connectivity index (χ0n) is 22.6. The summed E-state index contributed by atoms with van der Waals surface area (Å²) < 4.78 is 5.37. The molecule has 1 aliphatic heterocycles. The zero-order chi connectivity index (χ0) is 29.3. The van der Waals surface area contributed by atoms with Crippen LogP contribution in [0.4, 0.5) is 5.69 Å². The van der Waals surface area contributed by atoms with Crippen LogP contribution in [0.2, 0.25) is 5.02 Å². The molecule has 1 unspecified atom stereocenters. The zero-order valence-corrected chi connectivity index (χ0v) is 23.3. The molecule has 0 radical (unpaired) electrons. The lowest BCUT2D eigenvalue weighted by molar-refractivity contribution is -0.148. The second-order valence-electron chi connectivity index (χ2n) is 9.53. The van der Waals surface area contributed by atoms with Gasteiger partial charge in [-0.15, -0.1) is 0 Å². The number of amides is 3. The van der Waals surface area contributed by atoms with Gasteiger partial charge in [0.2, 0.25) is 17.7 Å². The number of carbonyl (C=O) groups excluding carboxylic acids is 3. The monoisotopic (exact) mass is 561 g/mol. The van der Waals surface area contributed by atoms with Crippen LogP contribution in [0.5, 0.6) is 5.75 Å². The van der Waals surface area contributed by atoms with E-state index in [4.69, 9.17) is 27.2 Å². The summed E-state index contributed by atoms with van der Waals surface area (Å²) in [5.41, 5.74) is 7.34. The third kappa shape index (κ3) is 8.97. The molecule has 3 rings (SSSR count). The maximum Gasteiger partial charge on any atom is 0.337 e. The predicted molar refractivity (Wildman–Crippen MR) is 148 cm³/mol. The molecular weight excluding hydrogens is 526 g/mol. The van der Waals surface area contributed by atoms with E-state index < -0.39 is 29.6 Å². The molecule has 1 aliphatic rings. The molecule has 11 heteroatoms. The van der Waals surface area contributed by atoms with E-state index in [9.17, 15) is 24.3 Å². The van der Waals surface area contributed by atoms with Crippen LogP contribution in [0.15, 0.2) is 36.4 Å². The fourth-order valence-corrected chi connectivity index (χ4v) is 4.41. The quantitative estimate of drug-likeness (QED) is 0.357. The number of aliphatic hydroxyl groups excluding tert-OH is 1. The van der Waals surface area contributed by atoms with Crippen molar-refractivity contribution in [2.45, 2.75) is 52.1 Å². The van der Waals surface area contributed by atoms with Crippen LogP contribution in [-0.2, 0) is 20.8 Å². The van der Waals surface area contributed by atoms with Crippen molar-refractivity contribution in [1.29, 1.82) is 0 Å². The normalized spacial score (nSPS) is 16.1. The smallest absolute Gasteiger partial charge is 0.337 e. The van der Waals surface area contributed by atoms with Gasteiger partial charge in [0.25, 0.3) is 0 Å². The third-order valence-electron chi connectivity index (χ3n) is 6.16. The summed E-state index contributed by atoms with van der Waals surface area (Å²) in [6.45, 7) is 5.04. The number of carboxylic acid groups (broad SMARTS) is 1. The molecule has 39 heavy (non-hydrogen) atoms. The first-order valence-electron chi connectivity index (χ1n) is 12.6. The van der Waals surface area contributed by atoms with E-state index in [-0.39, 0.29) is 49.2 Å². The number of hydrogen-bond donors (Lipinski definition) is 4. The van der Waals surface area contributed by atoms with Gasteiger partial charge < -0.3 is 26.0 Å². The Morgan fingerprint density at radius 1 is 1.21 bits per heavy atom. The predicted octanol–water partition coefficient (Wildman–Crippen LogP) is 3.24. The number of aromatic carboxylic acids is 1. The van der Waals surface area contributed by atoms with E-state index in [1.165, 1.54) is 19.2 Å². The van der Waals surface area contributed by atoms with Crippen molar-refractivity contribution in [2.24, 2.45) is 5.92 Å². The van der Waals surface area contributed by atoms with Gasteiger partial charge in [0.05, 0.1) is 18.6 Å². The van der Waals surface area contributed by atoms with Gasteiger partial charge in [-0.05, 0) is 74.1 Å². The Bertz CT molecular complexity index is 1200. The summed E-state index contributed by atoms with van der Waals surface area (Å²) in [6.07, 6.45) is 0.584. The van der Waals surface area contributed by atoms with Crippen LogP contribution in [0.25, 0.3) is 0 Å². The highest BCUT2D eigenvalue weighted by atomic mass is 35.5. The van der Waals surface area contributed by atoms with E-state index in [0.29, 0.717) is 28.3 Å². The SMILES string of the molecule is CC(C)O.CC[C@@H](CC(=O)N1CC(=O)NCC(Cc2cc(Cl)ccc2OC)C1=O)c1ccc(C(=O)O)c(N)c1. The molecule has 1 saturated heterocycles. The van der Waals surface area contributed by atoms with Crippen LogP contribution in [-0.4, -0.2) is 65.1 Å². The maximum atomic E-state index is 13.4. The number of nitrogens with two attached hydrogens (primary N) is 1. The molecule has 212 valence electrons. The van der Waals surface area contributed by atoms with Crippen LogP contribution < -0.4 is 15.8 Å². The lowest BCUT2D eigenvalue weighted by Crippen LogP contribution is -2.43.